The lowest BCUT2D eigenvalue weighted by Gasteiger charge is -2.42. The number of rotatable bonds is 2. The minimum absolute atomic E-state index is 0.395. The zero-order valence-electron chi connectivity index (χ0n) is 12.2. The van der Waals surface area contributed by atoms with Crippen LogP contribution in [0.15, 0.2) is 18.2 Å². The average Bonchev–Trinajstić information content (AvgIpc) is 2.24. The van der Waals surface area contributed by atoms with E-state index in [-0.39, 0.29) is 0 Å². The van der Waals surface area contributed by atoms with Gasteiger partial charge >= 0.3 is 0 Å². The van der Waals surface area contributed by atoms with Crippen LogP contribution in [0.25, 0.3) is 0 Å². The van der Waals surface area contributed by atoms with Gasteiger partial charge in [-0.15, -0.1) is 0 Å². The minimum Gasteiger partial charge on any atom is -0.389 e. The first-order valence-electron chi connectivity index (χ1n) is 7.20. The first-order chi connectivity index (χ1) is 8.40. The van der Waals surface area contributed by atoms with E-state index in [4.69, 9.17) is 0 Å². The zero-order valence-corrected chi connectivity index (χ0v) is 12.2. The summed E-state index contributed by atoms with van der Waals surface area (Å²) in [4.78, 5) is 0. The third-order valence-electron chi connectivity index (χ3n) is 4.76. The van der Waals surface area contributed by atoms with Crippen molar-refractivity contribution >= 4 is 0 Å². The molecule has 1 aliphatic rings. The highest BCUT2D eigenvalue weighted by Crippen LogP contribution is 2.39. The van der Waals surface area contributed by atoms with Gasteiger partial charge in [0.05, 0.1) is 5.60 Å². The summed E-state index contributed by atoms with van der Waals surface area (Å²) in [6, 6.07) is 6.63. The Kier molecular flexibility index (Phi) is 3.82. The normalized spacial score (nSPS) is 32.5. The summed E-state index contributed by atoms with van der Waals surface area (Å²) in [5.74, 6) is 1.03. The summed E-state index contributed by atoms with van der Waals surface area (Å²) < 4.78 is 0. The van der Waals surface area contributed by atoms with E-state index in [0.717, 1.165) is 19.3 Å². The Labute approximate surface area is 111 Å². The van der Waals surface area contributed by atoms with Crippen molar-refractivity contribution in [1.29, 1.82) is 0 Å². The Morgan fingerprint density at radius 1 is 1.17 bits per heavy atom. The van der Waals surface area contributed by atoms with Gasteiger partial charge in [-0.05, 0) is 37.7 Å². The van der Waals surface area contributed by atoms with Gasteiger partial charge in [0, 0.05) is 6.42 Å². The van der Waals surface area contributed by atoms with Crippen LogP contribution in [-0.4, -0.2) is 10.7 Å². The fourth-order valence-electron chi connectivity index (χ4n) is 3.51. The van der Waals surface area contributed by atoms with Gasteiger partial charge in [0.2, 0.25) is 0 Å². The molecular weight excluding hydrogens is 220 g/mol. The van der Waals surface area contributed by atoms with Crippen LogP contribution in [0.4, 0.5) is 0 Å². The Morgan fingerprint density at radius 2 is 1.78 bits per heavy atom. The van der Waals surface area contributed by atoms with E-state index in [9.17, 15) is 5.11 Å². The summed E-state index contributed by atoms with van der Waals surface area (Å²) in [5.41, 5.74) is 3.38. The fourth-order valence-corrected chi connectivity index (χ4v) is 3.51. The highest BCUT2D eigenvalue weighted by molar-refractivity contribution is 5.29. The predicted octanol–water partition coefficient (Wildman–Crippen LogP) is 4.03. The minimum atomic E-state index is -0.502. The van der Waals surface area contributed by atoms with Crippen molar-refractivity contribution in [3.63, 3.8) is 0 Å². The smallest absolute Gasteiger partial charge is 0.0715 e. The van der Waals surface area contributed by atoms with Gasteiger partial charge in [0.25, 0.3) is 0 Å². The zero-order chi connectivity index (χ0) is 13.3. The molecule has 1 aromatic carbocycles. The van der Waals surface area contributed by atoms with Crippen molar-refractivity contribution in [3.8, 4) is 0 Å². The van der Waals surface area contributed by atoms with Crippen LogP contribution >= 0.6 is 0 Å². The molecule has 1 fully saturated rings. The molecule has 1 saturated carbocycles. The lowest BCUT2D eigenvalue weighted by molar-refractivity contribution is -0.0620. The van der Waals surface area contributed by atoms with Gasteiger partial charge in [-0.2, -0.15) is 0 Å². The molecule has 1 nitrogen and oxygen atoms in total. The van der Waals surface area contributed by atoms with Crippen LogP contribution in [0, 0.1) is 25.7 Å². The van der Waals surface area contributed by atoms with Gasteiger partial charge < -0.3 is 5.11 Å². The second kappa shape index (κ2) is 5.05. The summed E-state index contributed by atoms with van der Waals surface area (Å²) in [7, 11) is 0. The van der Waals surface area contributed by atoms with E-state index in [1.807, 2.05) is 0 Å². The second-order valence-corrected chi connectivity index (χ2v) is 6.43. The molecule has 3 unspecified atom stereocenters. The quantitative estimate of drug-likeness (QED) is 0.835. The molecule has 2 rings (SSSR count). The second-order valence-electron chi connectivity index (χ2n) is 6.43. The Balaban J connectivity index is 2.21. The summed E-state index contributed by atoms with van der Waals surface area (Å²) in [5, 5.41) is 10.9. The maximum atomic E-state index is 10.9. The van der Waals surface area contributed by atoms with Gasteiger partial charge in [-0.25, -0.2) is 0 Å². The van der Waals surface area contributed by atoms with Crippen molar-refractivity contribution in [1.82, 2.24) is 0 Å². The average molecular weight is 246 g/mol. The number of aliphatic hydroxyl groups is 1. The molecule has 100 valence electrons. The predicted molar refractivity (Wildman–Crippen MR) is 76.7 cm³/mol. The molecule has 18 heavy (non-hydrogen) atoms. The molecule has 1 aliphatic carbocycles. The summed E-state index contributed by atoms with van der Waals surface area (Å²) >= 11 is 0. The van der Waals surface area contributed by atoms with Gasteiger partial charge in [0.1, 0.15) is 0 Å². The van der Waals surface area contributed by atoms with E-state index >= 15 is 0 Å². The lowest BCUT2D eigenvalue weighted by atomic mass is 9.68. The van der Waals surface area contributed by atoms with E-state index in [2.05, 4.69) is 45.9 Å². The largest absolute Gasteiger partial charge is 0.389 e. The maximum absolute atomic E-state index is 10.9. The van der Waals surface area contributed by atoms with Crippen LogP contribution in [0.5, 0.6) is 0 Å². The van der Waals surface area contributed by atoms with Crippen LogP contribution in [0.2, 0.25) is 0 Å². The first kappa shape index (κ1) is 13.6. The molecule has 0 saturated heterocycles. The summed E-state index contributed by atoms with van der Waals surface area (Å²) in [6.45, 7) is 8.75. The first-order valence-corrected chi connectivity index (χ1v) is 7.20. The number of hydrogen-bond donors (Lipinski definition) is 1. The van der Waals surface area contributed by atoms with Gasteiger partial charge in [0.15, 0.2) is 0 Å². The van der Waals surface area contributed by atoms with Crippen molar-refractivity contribution in [2.75, 3.05) is 0 Å². The molecule has 0 amide bonds. The molecule has 1 N–H and O–H groups in total. The molecule has 1 aromatic rings. The maximum Gasteiger partial charge on any atom is 0.0715 e. The van der Waals surface area contributed by atoms with Gasteiger partial charge in [-0.3, -0.25) is 0 Å². The molecule has 0 bridgehead atoms. The van der Waals surface area contributed by atoms with Crippen molar-refractivity contribution in [3.05, 3.63) is 34.9 Å². The molecule has 0 heterocycles. The third-order valence-corrected chi connectivity index (χ3v) is 4.76. The van der Waals surface area contributed by atoms with Crippen molar-refractivity contribution in [2.45, 2.75) is 59.0 Å². The van der Waals surface area contributed by atoms with E-state index in [1.165, 1.54) is 23.1 Å². The topological polar surface area (TPSA) is 20.2 Å². The number of hydrogen-bond acceptors (Lipinski definition) is 1. The molecule has 0 spiro atoms. The standard InChI is InChI=1S/C17H26O/c1-12-8-13(2)10-16(9-12)11-17(18)7-5-6-14(3)15(17)4/h8-10,14-15,18H,5-7,11H2,1-4H3. The van der Waals surface area contributed by atoms with Crippen molar-refractivity contribution < 1.29 is 5.11 Å². The Bertz CT molecular complexity index is 403. The van der Waals surface area contributed by atoms with Gasteiger partial charge in [-0.1, -0.05) is 56.0 Å². The molecule has 0 radical (unpaired) electrons. The highest BCUT2D eigenvalue weighted by Gasteiger charge is 2.39. The number of aryl methyl sites for hydroxylation is 2. The number of benzene rings is 1. The van der Waals surface area contributed by atoms with E-state index < -0.39 is 5.60 Å². The Hall–Kier alpha value is -0.820. The highest BCUT2D eigenvalue weighted by atomic mass is 16.3. The van der Waals surface area contributed by atoms with Crippen LogP contribution in [0.3, 0.4) is 0 Å². The molecule has 3 atom stereocenters. The van der Waals surface area contributed by atoms with Crippen LogP contribution in [-0.2, 0) is 6.42 Å². The fraction of sp³-hybridized carbons (Fsp3) is 0.647. The van der Waals surface area contributed by atoms with Crippen molar-refractivity contribution in [2.24, 2.45) is 11.8 Å². The Morgan fingerprint density at radius 3 is 2.39 bits per heavy atom. The molecule has 0 aromatic heterocycles. The third kappa shape index (κ3) is 2.77. The lowest BCUT2D eigenvalue weighted by Crippen LogP contribution is -2.44. The monoisotopic (exact) mass is 246 g/mol. The molecular formula is C17H26O. The van der Waals surface area contributed by atoms with E-state index in [0.29, 0.717) is 11.8 Å². The van der Waals surface area contributed by atoms with E-state index in [1.54, 1.807) is 0 Å². The van der Waals surface area contributed by atoms with Crippen LogP contribution in [0.1, 0.15) is 49.8 Å². The molecule has 1 heteroatoms. The van der Waals surface area contributed by atoms with Crippen LogP contribution < -0.4 is 0 Å². The molecule has 0 aliphatic heterocycles. The summed E-state index contributed by atoms with van der Waals surface area (Å²) in [6.07, 6.45) is 4.18. The SMILES string of the molecule is Cc1cc(C)cc(CC2(O)CCCC(C)C2C)c1.